The van der Waals surface area contributed by atoms with Gasteiger partial charge in [-0.05, 0) is 24.9 Å². The molecule has 0 spiro atoms. The molecule has 0 saturated heterocycles. The molecular formula is C18H16FN5O. The van der Waals surface area contributed by atoms with Crippen LogP contribution >= 0.6 is 0 Å². The fourth-order valence-electron chi connectivity index (χ4n) is 2.31. The molecule has 2 aromatic heterocycles. The van der Waals surface area contributed by atoms with E-state index >= 15 is 0 Å². The summed E-state index contributed by atoms with van der Waals surface area (Å²) in [5.41, 5.74) is 1.50. The first-order valence-corrected chi connectivity index (χ1v) is 7.52. The Kier molecular flexibility index (Phi) is 4.94. The Morgan fingerprint density at radius 1 is 1.28 bits per heavy atom. The Bertz CT molecular complexity index is 905. The fraction of sp³-hybridized carbons (Fsp3) is 0.111. The van der Waals surface area contributed by atoms with E-state index in [9.17, 15) is 4.39 Å². The Morgan fingerprint density at radius 3 is 2.76 bits per heavy atom. The minimum atomic E-state index is -0.305. The van der Waals surface area contributed by atoms with Crippen LogP contribution in [0.25, 0.3) is 17.2 Å². The van der Waals surface area contributed by atoms with Crippen LogP contribution in [0.4, 0.5) is 4.39 Å². The van der Waals surface area contributed by atoms with Crippen molar-refractivity contribution in [3.63, 3.8) is 0 Å². The lowest BCUT2D eigenvalue weighted by Crippen LogP contribution is -2.06. The van der Waals surface area contributed by atoms with Crippen LogP contribution in [0.1, 0.15) is 11.4 Å². The van der Waals surface area contributed by atoms with Gasteiger partial charge in [-0.3, -0.25) is 9.98 Å². The monoisotopic (exact) mass is 337 g/mol. The van der Waals surface area contributed by atoms with Crippen molar-refractivity contribution in [2.24, 2.45) is 4.99 Å². The molecule has 126 valence electrons. The maximum Gasteiger partial charge on any atom is 0.203 e. The lowest BCUT2D eigenvalue weighted by molar-refractivity contribution is 0.339. The van der Waals surface area contributed by atoms with Gasteiger partial charge in [-0.15, -0.1) is 5.10 Å². The third-order valence-electron chi connectivity index (χ3n) is 3.47. The first kappa shape index (κ1) is 16.5. The smallest absolute Gasteiger partial charge is 0.203 e. The molecule has 0 bridgehead atoms. The van der Waals surface area contributed by atoms with Gasteiger partial charge >= 0.3 is 0 Å². The minimum absolute atomic E-state index is 0.211. The molecule has 7 heteroatoms. The van der Waals surface area contributed by atoms with Crippen LogP contribution in [0.3, 0.4) is 0 Å². The van der Waals surface area contributed by atoms with Crippen molar-refractivity contribution in [2.75, 3.05) is 7.11 Å². The molecular weight excluding hydrogens is 321 g/mol. The largest absolute Gasteiger partial charge is 0.502 e. The van der Waals surface area contributed by atoms with E-state index < -0.39 is 0 Å². The summed E-state index contributed by atoms with van der Waals surface area (Å²) in [6.07, 6.45) is 3.06. The van der Waals surface area contributed by atoms with Gasteiger partial charge in [0.2, 0.25) is 5.82 Å². The standard InChI is InChI=1S/C18H16FN5O/c1-20-16(12-25-2)17-22-18(15-9-5-6-10-21-15)24(23-17)11-13-7-3-4-8-14(13)19/h3-10,12H,1,11H2,2H3. The lowest BCUT2D eigenvalue weighted by atomic mass is 10.2. The van der Waals surface area contributed by atoms with Crippen molar-refractivity contribution in [2.45, 2.75) is 6.54 Å². The molecule has 0 unspecified atom stereocenters. The number of aliphatic imine (C=N–C) groups is 1. The highest BCUT2D eigenvalue weighted by Gasteiger charge is 2.17. The summed E-state index contributed by atoms with van der Waals surface area (Å²) in [4.78, 5) is 12.7. The lowest BCUT2D eigenvalue weighted by Gasteiger charge is -2.06. The predicted octanol–water partition coefficient (Wildman–Crippen LogP) is 3.17. The van der Waals surface area contributed by atoms with Crippen LogP contribution in [-0.4, -0.2) is 33.6 Å². The molecule has 0 radical (unpaired) electrons. The van der Waals surface area contributed by atoms with Crippen LogP contribution < -0.4 is 0 Å². The van der Waals surface area contributed by atoms with Gasteiger partial charge in [-0.25, -0.2) is 14.1 Å². The van der Waals surface area contributed by atoms with Gasteiger partial charge in [0, 0.05) is 11.8 Å². The molecule has 3 rings (SSSR count). The average molecular weight is 337 g/mol. The van der Waals surface area contributed by atoms with Crippen molar-refractivity contribution in [3.05, 3.63) is 72.1 Å². The number of nitrogens with zero attached hydrogens (tertiary/aromatic N) is 5. The molecule has 2 heterocycles. The molecule has 0 aliphatic rings. The van der Waals surface area contributed by atoms with Gasteiger partial charge in [-0.2, -0.15) is 0 Å². The van der Waals surface area contributed by atoms with E-state index in [2.05, 4.69) is 26.8 Å². The Balaban J connectivity index is 2.09. The number of methoxy groups -OCH3 is 1. The van der Waals surface area contributed by atoms with E-state index in [0.29, 0.717) is 28.6 Å². The summed E-state index contributed by atoms with van der Waals surface area (Å²) in [6.45, 7) is 3.71. The summed E-state index contributed by atoms with van der Waals surface area (Å²) in [6, 6.07) is 12.0. The maximum absolute atomic E-state index is 14.0. The first-order chi connectivity index (χ1) is 12.2. The molecule has 3 aromatic rings. The van der Waals surface area contributed by atoms with E-state index in [-0.39, 0.29) is 12.4 Å². The third-order valence-corrected chi connectivity index (χ3v) is 3.47. The second-order valence-electron chi connectivity index (χ2n) is 5.12. The second kappa shape index (κ2) is 7.48. The SMILES string of the molecule is C=NC(=COC)c1nc(-c2ccccn2)n(Cc2ccccc2F)n1. The number of aromatic nitrogens is 4. The molecule has 0 saturated carbocycles. The zero-order valence-electron chi connectivity index (χ0n) is 13.6. The molecule has 0 atom stereocenters. The van der Waals surface area contributed by atoms with Gasteiger partial charge < -0.3 is 4.74 Å². The highest BCUT2D eigenvalue weighted by Crippen LogP contribution is 2.20. The van der Waals surface area contributed by atoms with E-state index in [1.165, 1.54) is 19.4 Å². The van der Waals surface area contributed by atoms with Gasteiger partial charge in [0.1, 0.15) is 23.5 Å². The second-order valence-corrected chi connectivity index (χ2v) is 5.12. The first-order valence-electron chi connectivity index (χ1n) is 7.52. The van der Waals surface area contributed by atoms with Gasteiger partial charge in [0.25, 0.3) is 0 Å². The van der Waals surface area contributed by atoms with E-state index in [1.807, 2.05) is 18.2 Å². The van der Waals surface area contributed by atoms with Crippen molar-refractivity contribution in [1.29, 1.82) is 0 Å². The number of hydrogen-bond donors (Lipinski definition) is 0. The van der Waals surface area contributed by atoms with Crippen molar-refractivity contribution < 1.29 is 9.13 Å². The molecule has 6 nitrogen and oxygen atoms in total. The highest BCUT2D eigenvalue weighted by molar-refractivity contribution is 5.63. The van der Waals surface area contributed by atoms with E-state index in [0.717, 1.165) is 0 Å². The zero-order valence-corrected chi connectivity index (χ0v) is 13.6. The molecule has 0 N–H and O–H groups in total. The van der Waals surface area contributed by atoms with Crippen molar-refractivity contribution in [1.82, 2.24) is 19.7 Å². The molecule has 0 fully saturated rings. The summed E-state index contributed by atoms with van der Waals surface area (Å²) in [7, 11) is 1.50. The van der Waals surface area contributed by atoms with Crippen molar-refractivity contribution >= 4 is 12.4 Å². The molecule has 1 aromatic carbocycles. The number of halogens is 1. The number of hydrogen-bond acceptors (Lipinski definition) is 5. The predicted molar refractivity (Wildman–Crippen MR) is 93.3 cm³/mol. The maximum atomic E-state index is 14.0. The van der Waals surface area contributed by atoms with Crippen LogP contribution in [-0.2, 0) is 11.3 Å². The van der Waals surface area contributed by atoms with Gasteiger partial charge in [0.05, 0.1) is 13.7 Å². The summed E-state index contributed by atoms with van der Waals surface area (Å²) in [5.74, 6) is 0.527. The zero-order chi connectivity index (χ0) is 17.6. The number of pyridine rings is 1. The Labute approximate surface area is 144 Å². The topological polar surface area (TPSA) is 65.2 Å². The Hall–Kier alpha value is -3.35. The van der Waals surface area contributed by atoms with Crippen LogP contribution in [0.5, 0.6) is 0 Å². The van der Waals surface area contributed by atoms with Crippen LogP contribution in [0.15, 0.2) is 59.9 Å². The van der Waals surface area contributed by atoms with Gasteiger partial charge in [0.15, 0.2) is 5.82 Å². The quantitative estimate of drug-likeness (QED) is 0.512. The van der Waals surface area contributed by atoms with E-state index in [1.54, 1.807) is 29.1 Å². The van der Waals surface area contributed by atoms with Gasteiger partial charge in [-0.1, -0.05) is 24.3 Å². The highest BCUT2D eigenvalue weighted by atomic mass is 19.1. The average Bonchev–Trinajstić information content (AvgIpc) is 3.06. The molecule has 0 aliphatic carbocycles. The molecule has 25 heavy (non-hydrogen) atoms. The Morgan fingerprint density at radius 2 is 2.08 bits per heavy atom. The number of benzene rings is 1. The van der Waals surface area contributed by atoms with Crippen molar-refractivity contribution in [3.8, 4) is 11.5 Å². The minimum Gasteiger partial charge on any atom is -0.502 e. The summed E-state index contributed by atoms with van der Waals surface area (Å²) in [5, 5.41) is 4.43. The fourth-order valence-corrected chi connectivity index (χ4v) is 2.31. The number of ether oxygens (including phenoxy) is 1. The van der Waals surface area contributed by atoms with Crippen LogP contribution in [0, 0.1) is 5.82 Å². The molecule has 0 aliphatic heterocycles. The number of rotatable bonds is 6. The summed E-state index contributed by atoms with van der Waals surface area (Å²) < 4.78 is 20.6. The van der Waals surface area contributed by atoms with Crippen LogP contribution in [0.2, 0.25) is 0 Å². The molecule has 0 amide bonds. The third kappa shape index (κ3) is 3.60. The summed E-state index contributed by atoms with van der Waals surface area (Å²) >= 11 is 0. The van der Waals surface area contributed by atoms with E-state index in [4.69, 9.17) is 4.74 Å². The normalized spacial score (nSPS) is 11.4.